The molecule has 1 saturated heterocycles. The molecule has 1 aliphatic rings. The molecule has 3 aromatic rings. The van der Waals surface area contributed by atoms with Crippen molar-refractivity contribution in [2.45, 2.75) is 20.3 Å². The van der Waals surface area contributed by atoms with Gasteiger partial charge in [-0.1, -0.05) is 18.5 Å². The van der Waals surface area contributed by atoms with E-state index in [2.05, 4.69) is 16.8 Å². The van der Waals surface area contributed by atoms with E-state index in [1.807, 2.05) is 25.3 Å². The van der Waals surface area contributed by atoms with Gasteiger partial charge in [0.05, 0.1) is 34.9 Å². The number of nitrogens with one attached hydrogen (secondary N) is 1. The number of ether oxygens (including phenoxy) is 1. The number of anilines is 1. The van der Waals surface area contributed by atoms with E-state index in [4.69, 9.17) is 21.3 Å². The Kier molecular flexibility index (Phi) is 4.56. The fourth-order valence-electron chi connectivity index (χ4n) is 3.79. The Balaban J connectivity index is 1.97. The van der Waals surface area contributed by atoms with Crippen LogP contribution < -0.4 is 15.2 Å². The zero-order chi connectivity index (χ0) is 19.1. The molecule has 1 aromatic carbocycles. The lowest BCUT2D eigenvalue weighted by molar-refractivity contribution is 0.398. The van der Waals surface area contributed by atoms with Crippen molar-refractivity contribution in [1.82, 2.24) is 9.97 Å². The third-order valence-electron chi connectivity index (χ3n) is 5.39. The Morgan fingerprint density at radius 2 is 2.15 bits per heavy atom. The molecule has 3 heterocycles. The lowest BCUT2D eigenvalue weighted by Gasteiger charge is -2.41. The maximum absolute atomic E-state index is 12.4. The number of benzene rings is 1. The lowest BCUT2D eigenvalue weighted by Crippen LogP contribution is -2.46. The first kappa shape index (κ1) is 17.9. The van der Waals surface area contributed by atoms with Gasteiger partial charge in [0.2, 0.25) is 0 Å². The van der Waals surface area contributed by atoms with Crippen molar-refractivity contribution < 1.29 is 4.74 Å². The Labute approximate surface area is 162 Å². The molecule has 0 aliphatic carbocycles. The summed E-state index contributed by atoms with van der Waals surface area (Å²) in [5.74, 6) is 1.41. The molecule has 0 atom stereocenters. The summed E-state index contributed by atoms with van der Waals surface area (Å²) in [5, 5.41) is 1.39. The molecular weight excluding hydrogens is 362 g/mol. The number of halogens is 1. The summed E-state index contributed by atoms with van der Waals surface area (Å²) >= 11 is 6.85. The summed E-state index contributed by atoms with van der Waals surface area (Å²) in [6.07, 6.45) is 4.60. The van der Waals surface area contributed by atoms with Crippen molar-refractivity contribution in [3.8, 4) is 16.9 Å². The van der Waals surface area contributed by atoms with Gasteiger partial charge in [-0.15, -0.1) is 0 Å². The van der Waals surface area contributed by atoms with Crippen LogP contribution in [-0.4, -0.2) is 30.2 Å². The molecule has 0 saturated carbocycles. The van der Waals surface area contributed by atoms with Crippen molar-refractivity contribution in [3.05, 3.63) is 51.5 Å². The van der Waals surface area contributed by atoms with Gasteiger partial charge in [-0.05, 0) is 43.0 Å². The summed E-state index contributed by atoms with van der Waals surface area (Å²) in [4.78, 5) is 22.0. The van der Waals surface area contributed by atoms with E-state index in [0.717, 1.165) is 35.3 Å². The van der Waals surface area contributed by atoms with E-state index in [-0.39, 0.29) is 5.56 Å². The van der Waals surface area contributed by atoms with E-state index in [1.165, 1.54) is 6.42 Å². The summed E-state index contributed by atoms with van der Waals surface area (Å²) in [7, 11) is 1.64. The van der Waals surface area contributed by atoms with Crippen LogP contribution in [0.2, 0.25) is 5.02 Å². The summed E-state index contributed by atoms with van der Waals surface area (Å²) < 4.78 is 5.66. The molecule has 1 N–H and O–H groups in total. The number of fused-ring (bicyclic) bond motifs is 1. The Morgan fingerprint density at radius 3 is 2.81 bits per heavy atom. The molecule has 0 bridgehead atoms. The average molecular weight is 384 g/mol. The molecule has 5 nitrogen and oxygen atoms in total. The molecule has 0 amide bonds. The number of aryl methyl sites for hydroxylation is 1. The van der Waals surface area contributed by atoms with Gasteiger partial charge in [-0.2, -0.15) is 0 Å². The zero-order valence-electron chi connectivity index (χ0n) is 15.7. The minimum absolute atomic E-state index is 0.154. The molecule has 2 aromatic heterocycles. The molecular formula is C21H22ClN3O2. The molecule has 0 spiro atoms. The second-order valence-electron chi connectivity index (χ2n) is 7.05. The molecule has 6 heteroatoms. The van der Waals surface area contributed by atoms with Gasteiger partial charge < -0.3 is 14.6 Å². The number of hydrogen-bond donors (Lipinski definition) is 1. The molecule has 0 radical (unpaired) electrons. The SMILES string of the molecule is CCC1CN(c2cnc3c(-c4ccc[nH]c4=O)cc(C)c(OC)c3c2Cl)C1. The van der Waals surface area contributed by atoms with Gasteiger partial charge in [0, 0.05) is 30.4 Å². The highest BCUT2D eigenvalue weighted by atomic mass is 35.5. The van der Waals surface area contributed by atoms with Crippen LogP contribution in [0.15, 0.2) is 35.4 Å². The van der Waals surface area contributed by atoms with Gasteiger partial charge >= 0.3 is 0 Å². The largest absolute Gasteiger partial charge is 0.496 e. The van der Waals surface area contributed by atoms with E-state index >= 15 is 0 Å². The number of rotatable bonds is 4. The predicted molar refractivity (Wildman–Crippen MR) is 110 cm³/mol. The number of hydrogen-bond acceptors (Lipinski definition) is 4. The molecule has 1 fully saturated rings. The molecule has 140 valence electrons. The number of H-pyrrole nitrogens is 1. The van der Waals surface area contributed by atoms with Crippen LogP contribution in [-0.2, 0) is 0 Å². The number of nitrogens with zero attached hydrogens (tertiary/aromatic N) is 2. The average Bonchev–Trinajstić information content (AvgIpc) is 2.63. The maximum Gasteiger partial charge on any atom is 0.255 e. The van der Waals surface area contributed by atoms with Crippen LogP contribution in [0.3, 0.4) is 0 Å². The first-order valence-electron chi connectivity index (χ1n) is 9.14. The van der Waals surface area contributed by atoms with Crippen molar-refractivity contribution in [3.63, 3.8) is 0 Å². The number of pyridine rings is 2. The lowest BCUT2D eigenvalue weighted by atomic mass is 9.95. The van der Waals surface area contributed by atoms with Crippen molar-refractivity contribution in [2.75, 3.05) is 25.1 Å². The van der Waals surface area contributed by atoms with Crippen LogP contribution in [0.5, 0.6) is 5.75 Å². The van der Waals surface area contributed by atoms with E-state index in [0.29, 0.717) is 27.8 Å². The van der Waals surface area contributed by atoms with Crippen molar-refractivity contribution in [1.29, 1.82) is 0 Å². The van der Waals surface area contributed by atoms with Crippen LogP contribution in [0, 0.1) is 12.8 Å². The summed E-state index contributed by atoms with van der Waals surface area (Å²) in [5.41, 5.74) is 3.69. The molecule has 1 aliphatic heterocycles. The highest BCUT2D eigenvalue weighted by Crippen LogP contribution is 2.44. The van der Waals surface area contributed by atoms with Crippen LogP contribution in [0.1, 0.15) is 18.9 Å². The molecule has 4 rings (SSSR count). The topological polar surface area (TPSA) is 58.2 Å². The second kappa shape index (κ2) is 6.89. The van der Waals surface area contributed by atoms with E-state index in [9.17, 15) is 4.79 Å². The Hall–Kier alpha value is -2.53. The van der Waals surface area contributed by atoms with E-state index in [1.54, 1.807) is 19.4 Å². The van der Waals surface area contributed by atoms with Gasteiger partial charge in [-0.25, -0.2) is 0 Å². The maximum atomic E-state index is 12.4. The number of aromatic nitrogens is 2. The highest BCUT2D eigenvalue weighted by Gasteiger charge is 2.29. The van der Waals surface area contributed by atoms with Crippen LogP contribution in [0.4, 0.5) is 5.69 Å². The monoisotopic (exact) mass is 383 g/mol. The quantitative estimate of drug-likeness (QED) is 0.725. The highest BCUT2D eigenvalue weighted by molar-refractivity contribution is 6.39. The second-order valence-corrected chi connectivity index (χ2v) is 7.43. The van der Waals surface area contributed by atoms with Crippen molar-refractivity contribution >= 4 is 28.2 Å². The Bertz CT molecular complexity index is 1070. The van der Waals surface area contributed by atoms with Crippen LogP contribution >= 0.6 is 11.6 Å². The molecule has 27 heavy (non-hydrogen) atoms. The normalized spacial score (nSPS) is 14.4. The molecule has 0 unspecified atom stereocenters. The zero-order valence-corrected chi connectivity index (χ0v) is 16.4. The fraction of sp³-hybridized carbons (Fsp3) is 0.333. The van der Waals surface area contributed by atoms with Gasteiger partial charge in [0.1, 0.15) is 5.75 Å². The smallest absolute Gasteiger partial charge is 0.255 e. The van der Waals surface area contributed by atoms with Gasteiger partial charge in [0.15, 0.2) is 0 Å². The van der Waals surface area contributed by atoms with Gasteiger partial charge in [-0.3, -0.25) is 9.78 Å². The standard InChI is InChI=1S/C21H22ClN3O2/c1-4-13-10-25(11-13)16-9-24-19-15(14-6-5-7-23-21(14)26)8-12(2)20(27-3)17(19)18(16)22/h5-9,13H,4,10-11H2,1-3H3,(H,23,26). The minimum Gasteiger partial charge on any atom is -0.496 e. The first-order valence-corrected chi connectivity index (χ1v) is 9.51. The summed E-state index contributed by atoms with van der Waals surface area (Å²) in [6.45, 7) is 6.14. The number of methoxy groups -OCH3 is 1. The summed E-state index contributed by atoms with van der Waals surface area (Å²) in [6, 6.07) is 5.54. The van der Waals surface area contributed by atoms with Gasteiger partial charge in [0.25, 0.3) is 5.56 Å². The van der Waals surface area contributed by atoms with Crippen LogP contribution in [0.25, 0.3) is 22.0 Å². The van der Waals surface area contributed by atoms with E-state index < -0.39 is 0 Å². The number of aromatic amines is 1. The fourth-order valence-corrected chi connectivity index (χ4v) is 4.13. The third-order valence-corrected chi connectivity index (χ3v) is 5.77. The van der Waals surface area contributed by atoms with Crippen molar-refractivity contribution in [2.24, 2.45) is 5.92 Å². The third kappa shape index (κ3) is 2.86. The predicted octanol–water partition coefficient (Wildman–Crippen LogP) is 4.41. The first-order chi connectivity index (χ1) is 13.0. The Morgan fingerprint density at radius 1 is 1.37 bits per heavy atom. The minimum atomic E-state index is -0.154.